The number of benzene rings is 3. The lowest BCUT2D eigenvalue weighted by Gasteiger charge is -2.12. The van der Waals surface area contributed by atoms with Gasteiger partial charge in [-0.25, -0.2) is 0 Å². The molecule has 0 fully saturated rings. The van der Waals surface area contributed by atoms with Crippen molar-refractivity contribution >= 4 is 40.5 Å². The smallest absolute Gasteiger partial charge is 0.262 e. The molecular weight excluding hydrogens is 423 g/mol. The number of anilines is 2. The van der Waals surface area contributed by atoms with Crippen LogP contribution in [0.5, 0.6) is 11.5 Å². The second-order valence-corrected chi connectivity index (χ2v) is 7.49. The average molecular weight is 445 g/mol. The number of hydrogen-bond donors (Lipinski definition) is 2. The predicted octanol–water partition coefficient (Wildman–Crippen LogP) is 5.94. The molecule has 0 unspecified atom stereocenters. The number of amides is 1. The van der Waals surface area contributed by atoms with Crippen molar-refractivity contribution in [1.82, 2.24) is 0 Å². The summed E-state index contributed by atoms with van der Waals surface area (Å²) in [5, 5.41) is 7.22. The Morgan fingerprint density at radius 1 is 1.00 bits per heavy atom. The van der Waals surface area contributed by atoms with E-state index in [1.807, 2.05) is 37.3 Å². The van der Waals surface area contributed by atoms with Gasteiger partial charge in [0.1, 0.15) is 11.5 Å². The molecule has 0 spiro atoms. The fraction of sp³-hybridized carbons (Fsp3) is 0.174. The van der Waals surface area contributed by atoms with Crippen LogP contribution in [0.4, 0.5) is 11.4 Å². The molecule has 0 radical (unpaired) electrons. The van der Waals surface area contributed by atoms with Gasteiger partial charge in [0.2, 0.25) is 0 Å². The lowest BCUT2D eigenvalue weighted by Crippen LogP contribution is -2.20. The van der Waals surface area contributed by atoms with Crippen LogP contribution < -0.4 is 20.1 Å². The fourth-order valence-electron chi connectivity index (χ4n) is 2.77. The molecule has 0 bridgehead atoms. The molecule has 7 heteroatoms. The Labute approximate surface area is 185 Å². The van der Waals surface area contributed by atoms with Crippen molar-refractivity contribution in [3.8, 4) is 11.5 Å². The van der Waals surface area contributed by atoms with Gasteiger partial charge in [-0.2, -0.15) is 0 Å². The number of nitrogens with one attached hydrogen (secondary N) is 2. The lowest BCUT2D eigenvalue weighted by atomic mass is 10.1. The summed E-state index contributed by atoms with van der Waals surface area (Å²) in [5.74, 6) is 0.888. The second kappa shape index (κ2) is 10.2. The van der Waals surface area contributed by atoms with Gasteiger partial charge in [-0.15, -0.1) is 0 Å². The molecule has 1 amide bonds. The van der Waals surface area contributed by atoms with Crippen LogP contribution in [-0.4, -0.2) is 19.6 Å². The zero-order valence-electron chi connectivity index (χ0n) is 16.7. The molecule has 0 aliphatic heterocycles. The van der Waals surface area contributed by atoms with E-state index in [0.717, 1.165) is 22.6 Å². The van der Waals surface area contributed by atoms with E-state index in [1.165, 1.54) is 0 Å². The average Bonchev–Trinajstić information content (AvgIpc) is 2.74. The molecule has 0 saturated heterocycles. The van der Waals surface area contributed by atoms with E-state index < -0.39 is 0 Å². The first-order chi connectivity index (χ1) is 14.4. The van der Waals surface area contributed by atoms with Crippen LogP contribution in [-0.2, 0) is 11.3 Å². The van der Waals surface area contributed by atoms with E-state index >= 15 is 0 Å². The normalized spacial score (nSPS) is 10.4. The van der Waals surface area contributed by atoms with Crippen LogP contribution >= 0.6 is 23.2 Å². The number of rotatable bonds is 8. The molecule has 3 aromatic rings. The molecule has 0 heterocycles. The zero-order chi connectivity index (χ0) is 21.5. The Kier molecular flexibility index (Phi) is 7.44. The van der Waals surface area contributed by atoms with Crippen LogP contribution in [0.1, 0.15) is 11.1 Å². The van der Waals surface area contributed by atoms with E-state index in [2.05, 4.69) is 10.6 Å². The molecule has 3 rings (SSSR count). The minimum Gasteiger partial charge on any atom is -0.497 e. The van der Waals surface area contributed by atoms with Gasteiger partial charge in [0.15, 0.2) is 6.61 Å². The van der Waals surface area contributed by atoms with Gasteiger partial charge in [-0.05, 0) is 66.6 Å². The third kappa shape index (κ3) is 6.05. The van der Waals surface area contributed by atoms with E-state index in [1.54, 1.807) is 37.4 Å². The Bertz CT molecular complexity index is 1020. The lowest BCUT2D eigenvalue weighted by molar-refractivity contribution is -0.118. The highest BCUT2D eigenvalue weighted by atomic mass is 35.5. The van der Waals surface area contributed by atoms with Gasteiger partial charge in [0.25, 0.3) is 5.91 Å². The third-order valence-electron chi connectivity index (χ3n) is 4.41. The summed E-state index contributed by atoms with van der Waals surface area (Å²) in [6.07, 6.45) is 0. The van der Waals surface area contributed by atoms with Crippen molar-refractivity contribution in [2.75, 3.05) is 24.4 Å². The molecule has 5 nitrogen and oxygen atoms in total. The molecule has 0 atom stereocenters. The van der Waals surface area contributed by atoms with Crippen LogP contribution in [0, 0.1) is 6.92 Å². The van der Waals surface area contributed by atoms with Crippen molar-refractivity contribution in [2.45, 2.75) is 13.5 Å². The SMILES string of the molecule is COc1ccc(NC(=O)COc2ccc(CNc3cc(Cl)ccc3C)cc2Cl)cc1. The standard InChI is InChI=1S/C23H22Cl2N2O3/c1-15-3-5-17(24)12-21(15)26-13-16-4-10-22(20(25)11-16)30-14-23(28)27-18-6-8-19(29-2)9-7-18/h3-12,26H,13-14H2,1-2H3,(H,27,28). The minimum atomic E-state index is -0.279. The predicted molar refractivity (Wildman–Crippen MR) is 122 cm³/mol. The van der Waals surface area contributed by atoms with Gasteiger partial charge in [-0.3, -0.25) is 4.79 Å². The van der Waals surface area contributed by atoms with Crippen molar-refractivity contribution in [2.24, 2.45) is 0 Å². The Balaban J connectivity index is 1.53. The molecule has 0 aliphatic carbocycles. The number of aryl methyl sites for hydroxylation is 1. The number of carbonyl (C=O) groups excluding carboxylic acids is 1. The minimum absolute atomic E-state index is 0.148. The van der Waals surface area contributed by atoms with Crippen molar-refractivity contribution in [1.29, 1.82) is 0 Å². The van der Waals surface area contributed by atoms with Crippen molar-refractivity contribution in [3.63, 3.8) is 0 Å². The summed E-state index contributed by atoms with van der Waals surface area (Å²) in [6, 6.07) is 18.2. The van der Waals surface area contributed by atoms with E-state index in [-0.39, 0.29) is 12.5 Å². The molecule has 0 aliphatic rings. The molecule has 3 aromatic carbocycles. The van der Waals surface area contributed by atoms with Crippen molar-refractivity contribution < 1.29 is 14.3 Å². The van der Waals surface area contributed by atoms with Crippen molar-refractivity contribution in [3.05, 3.63) is 81.8 Å². The summed E-state index contributed by atoms with van der Waals surface area (Å²) in [7, 11) is 1.59. The maximum absolute atomic E-state index is 12.1. The van der Waals surface area contributed by atoms with Crippen LogP contribution in [0.15, 0.2) is 60.7 Å². The second-order valence-electron chi connectivity index (χ2n) is 6.64. The van der Waals surface area contributed by atoms with E-state index in [4.69, 9.17) is 32.7 Å². The first kappa shape index (κ1) is 21.8. The maximum atomic E-state index is 12.1. The highest BCUT2D eigenvalue weighted by Gasteiger charge is 2.08. The molecule has 0 saturated carbocycles. The number of halogens is 2. The van der Waals surface area contributed by atoms with Gasteiger partial charge in [-0.1, -0.05) is 35.3 Å². The molecule has 0 aromatic heterocycles. The summed E-state index contributed by atoms with van der Waals surface area (Å²) in [4.78, 5) is 12.1. The van der Waals surface area contributed by atoms with Crippen LogP contribution in [0.3, 0.4) is 0 Å². The Morgan fingerprint density at radius 2 is 1.77 bits per heavy atom. The Hall–Kier alpha value is -2.89. The maximum Gasteiger partial charge on any atom is 0.262 e. The molecular formula is C23H22Cl2N2O3. The van der Waals surface area contributed by atoms with Gasteiger partial charge < -0.3 is 20.1 Å². The fourth-order valence-corrected chi connectivity index (χ4v) is 3.20. The molecule has 2 N–H and O–H groups in total. The molecule has 156 valence electrons. The van der Waals surface area contributed by atoms with E-state index in [9.17, 15) is 4.79 Å². The highest BCUT2D eigenvalue weighted by Crippen LogP contribution is 2.27. The van der Waals surface area contributed by atoms with Gasteiger partial charge in [0, 0.05) is 22.9 Å². The summed E-state index contributed by atoms with van der Waals surface area (Å²) in [6.45, 7) is 2.45. The summed E-state index contributed by atoms with van der Waals surface area (Å²) in [5.41, 5.74) is 3.71. The third-order valence-corrected chi connectivity index (χ3v) is 4.94. The zero-order valence-corrected chi connectivity index (χ0v) is 18.2. The van der Waals surface area contributed by atoms with Gasteiger partial charge in [0.05, 0.1) is 12.1 Å². The first-order valence-corrected chi connectivity index (χ1v) is 10.1. The number of ether oxygens (including phenoxy) is 2. The number of carbonyl (C=O) groups is 1. The number of methoxy groups -OCH3 is 1. The Morgan fingerprint density at radius 3 is 2.47 bits per heavy atom. The monoisotopic (exact) mass is 444 g/mol. The topological polar surface area (TPSA) is 59.6 Å². The largest absolute Gasteiger partial charge is 0.497 e. The highest BCUT2D eigenvalue weighted by molar-refractivity contribution is 6.32. The van der Waals surface area contributed by atoms with Crippen LogP contribution in [0.2, 0.25) is 10.0 Å². The van der Waals surface area contributed by atoms with E-state index in [0.29, 0.717) is 28.0 Å². The summed E-state index contributed by atoms with van der Waals surface area (Å²) < 4.78 is 10.7. The quantitative estimate of drug-likeness (QED) is 0.451. The molecule has 30 heavy (non-hydrogen) atoms. The van der Waals surface area contributed by atoms with Gasteiger partial charge >= 0.3 is 0 Å². The van der Waals surface area contributed by atoms with Crippen LogP contribution in [0.25, 0.3) is 0 Å². The first-order valence-electron chi connectivity index (χ1n) is 9.30. The number of hydrogen-bond acceptors (Lipinski definition) is 4. The summed E-state index contributed by atoms with van der Waals surface area (Å²) >= 11 is 12.4.